The normalized spacial score (nSPS) is 26.6. The van der Waals surface area contributed by atoms with Crippen molar-refractivity contribution in [1.29, 1.82) is 0 Å². The fraction of sp³-hybridized carbons (Fsp3) is 0.529. The van der Waals surface area contributed by atoms with Crippen LogP contribution in [0, 0.1) is 17.8 Å². The van der Waals surface area contributed by atoms with E-state index in [0.717, 1.165) is 12.3 Å². The van der Waals surface area contributed by atoms with E-state index in [0.29, 0.717) is 23.9 Å². The summed E-state index contributed by atoms with van der Waals surface area (Å²) in [6.07, 6.45) is 5.51. The molecule has 1 N–H and O–H groups in total. The van der Waals surface area contributed by atoms with Crippen LogP contribution >= 0.6 is 0 Å². The predicted molar refractivity (Wildman–Crippen MR) is 79.6 cm³/mol. The minimum atomic E-state index is -0.289. The number of esters is 1. The van der Waals surface area contributed by atoms with Gasteiger partial charge in [0.05, 0.1) is 0 Å². The minimum Gasteiger partial charge on any atom is -0.456 e. The molecule has 112 valence electrons. The Morgan fingerprint density at radius 2 is 1.95 bits per heavy atom. The maximum absolute atomic E-state index is 11.8. The van der Waals surface area contributed by atoms with E-state index in [2.05, 4.69) is 5.32 Å². The van der Waals surface area contributed by atoms with Crippen molar-refractivity contribution in [2.45, 2.75) is 32.1 Å². The van der Waals surface area contributed by atoms with E-state index in [4.69, 9.17) is 4.74 Å². The molecule has 4 heteroatoms. The first-order chi connectivity index (χ1) is 10.2. The van der Waals surface area contributed by atoms with Gasteiger partial charge in [0.25, 0.3) is 5.91 Å². The number of para-hydroxylation sites is 1. The summed E-state index contributed by atoms with van der Waals surface area (Å²) >= 11 is 0. The lowest BCUT2D eigenvalue weighted by Gasteiger charge is -2.20. The van der Waals surface area contributed by atoms with Gasteiger partial charge in [-0.15, -0.1) is 0 Å². The summed E-state index contributed by atoms with van der Waals surface area (Å²) in [6.45, 7) is -0.200. The molecule has 1 amide bonds. The number of amides is 1. The monoisotopic (exact) mass is 287 g/mol. The first-order valence-electron chi connectivity index (χ1n) is 7.71. The molecule has 4 nitrogen and oxygen atoms in total. The standard InChI is InChI=1S/C17H21NO3/c19-16(18-15-4-2-1-3-5-15)11-21-17(20)10-14-9-12-6-7-13(14)8-12/h1-5,12-14H,6-11H2,(H,18,19)/t12-,13-,14-/m1/s1. The van der Waals surface area contributed by atoms with Crippen LogP contribution in [0.3, 0.4) is 0 Å². The summed E-state index contributed by atoms with van der Waals surface area (Å²) in [6, 6.07) is 9.17. The lowest BCUT2D eigenvalue weighted by molar-refractivity contribution is -0.148. The summed E-state index contributed by atoms with van der Waals surface area (Å²) in [5.41, 5.74) is 0.714. The van der Waals surface area contributed by atoms with Gasteiger partial charge in [-0.1, -0.05) is 24.6 Å². The lowest BCUT2D eigenvalue weighted by Crippen LogP contribution is -2.23. The molecule has 2 aliphatic rings. The highest BCUT2D eigenvalue weighted by Crippen LogP contribution is 2.49. The summed E-state index contributed by atoms with van der Waals surface area (Å²) in [5, 5.41) is 2.70. The van der Waals surface area contributed by atoms with Crippen LogP contribution < -0.4 is 5.32 Å². The Labute approximate surface area is 124 Å². The number of nitrogens with one attached hydrogen (secondary N) is 1. The first kappa shape index (κ1) is 14.1. The molecular weight excluding hydrogens is 266 g/mol. The fourth-order valence-corrected chi connectivity index (χ4v) is 3.76. The Balaban J connectivity index is 1.38. The number of benzene rings is 1. The van der Waals surface area contributed by atoms with Crippen LogP contribution in [0.5, 0.6) is 0 Å². The molecule has 2 bridgehead atoms. The average Bonchev–Trinajstić information content (AvgIpc) is 3.09. The van der Waals surface area contributed by atoms with Crippen molar-refractivity contribution in [2.75, 3.05) is 11.9 Å². The third-order valence-corrected chi connectivity index (χ3v) is 4.74. The molecule has 0 saturated heterocycles. The van der Waals surface area contributed by atoms with Crippen LogP contribution in [0.4, 0.5) is 5.69 Å². The number of fused-ring (bicyclic) bond motifs is 2. The highest BCUT2D eigenvalue weighted by molar-refractivity contribution is 5.92. The van der Waals surface area contributed by atoms with Crippen LogP contribution in [0.25, 0.3) is 0 Å². The van der Waals surface area contributed by atoms with Gasteiger partial charge in [0.2, 0.25) is 0 Å². The molecule has 0 radical (unpaired) electrons. The van der Waals surface area contributed by atoms with Gasteiger partial charge in [0.15, 0.2) is 6.61 Å². The van der Waals surface area contributed by atoms with Gasteiger partial charge in [-0.25, -0.2) is 0 Å². The number of ether oxygens (including phenoxy) is 1. The molecule has 3 atom stereocenters. The van der Waals surface area contributed by atoms with Crippen molar-refractivity contribution in [1.82, 2.24) is 0 Å². The second-order valence-electron chi connectivity index (χ2n) is 6.21. The zero-order valence-electron chi connectivity index (χ0n) is 12.1. The molecule has 1 aromatic rings. The molecular formula is C17H21NO3. The molecule has 2 fully saturated rings. The van der Waals surface area contributed by atoms with Gasteiger partial charge < -0.3 is 10.1 Å². The largest absolute Gasteiger partial charge is 0.456 e. The number of anilines is 1. The second-order valence-corrected chi connectivity index (χ2v) is 6.21. The number of hydrogen-bond acceptors (Lipinski definition) is 3. The molecule has 2 aliphatic carbocycles. The van der Waals surface area contributed by atoms with Crippen LogP contribution in [0.2, 0.25) is 0 Å². The Morgan fingerprint density at radius 1 is 1.14 bits per heavy atom. The molecule has 0 heterocycles. The minimum absolute atomic E-state index is 0.200. The third kappa shape index (κ3) is 3.63. The van der Waals surface area contributed by atoms with Crippen molar-refractivity contribution >= 4 is 17.6 Å². The van der Waals surface area contributed by atoms with E-state index < -0.39 is 0 Å². The highest BCUT2D eigenvalue weighted by atomic mass is 16.5. The molecule has 0 aliphatic heterocycles. The fourth-order valence-electron chi connectivity index (χ4n) is 3.76. The van der Waals surface area contributed by atoms with Gasteiger partial charge in [-0.3, -0.25) is 9.59 Å². The summed E-state index contributed by atoms with van der Waals surface area (Å²) in [4.78, 5) is 23.5. The number of carbonyl (C=O) groups is 2. The van der Waals surface area contributed by atoms with Crippen LogP contribution in [0.1, 0.15) is 32.1 Å². The number of rotatable bonds is 5. The Kier molecular flexibility index (Phi) is 4.23. The highest BCUT2D eigenvalue weighted by Gasteiger charge is 2.40. The van der Waals surface area contributed by atoms with Gasteiger partial charge in [-0.05, 0) is 49.1 Å². The molecule has 0 spiro atoms. The summed E-state index contributed by atoms with van der Waals surface area (Å²) in [7, 11) is 0. The number of carbonyl (C=O) groups excluding carboxylic acids is 2. The number of hydrogen-bond donors (Lipinski definition) is 1. The van der Waals surface area contributed by atoms with Crippen LogP contribution in [-0.4, -0.2) is 18.5 Å². The zero-order chi connectivity index (χ0) is 14.7. The Bertz CT molecular complexity index is 514. The maximum atomic E-state index is 11.8. The van der Waals surface area contributed by atoms with E-state index in [-0.39, 0.29) is 18.5 Å². The summed E-state index contributed by atoms with van der Waals surface area (Å²) in [5.74, 6) is 1.49. The van der Waals surface area contributed by atoms with Gasteiger partial charge in [-0.2, -0.15) is 0 Å². The predicted octanol–water partition coefficient (Wildman–Crippen LogP) is 2.99. The second kappa shape index (κ2) is 6.29. The van der Waals surface area contributed by atoms with Crippen molar-refractivity contribution in [3.63, 3.8) is 0 Å². The quantitative estimate of drug-likeness (QED) is 0.847. The Hall–Kier alpha value is -1.84. The molecule has 1 aromatic carbocycles. The SMILES string of the molecule is O=C(COC(=O)C[C@H]1C[C@@H]2CC[C@@H]1C2)Nc1ccccc1. The molecule has 3 rings (SSSR count). The van der Waals surface area contributed by atoms with Crippen LogP contribution in [-0.2, 0) is 14.3 Å². The van der Waals surface area contributed by atoms with Crippen molar-refractivity contribution < 1.29 is 14.3 Å². The third-order valence-electron chi connectivity index (χ3n) is 4.74. The van der Waals surface area contributed by atoms with E-state index in [1.54, 1.807) is 12.1 Å². The maximum Gasteiger partial charge on any atom is 0.306 e. The smallest absolute Gasteiger partial charge is 0.306 e. The zero-order valence-corrected chi connectivity index (χ0v) is 12.1. The Morgan fingerprint density at radius 3 is 2.62 bits per heavy atom. The van der Waals surface area contributed by atoms with Crippen molar-refractivity contribution in [3.05, 3.63) is 30.3 Å². The summed E-state index contributed by atoms with van der Waals surface area (Å²) < 4.78 is 5.09. The van der Waals surface area contributed by atoms with E-state index >= 15 is 0 Å². The molecule has 2 saturated carbocycles. The first-order valence-corrected chi connectivity index (χ1v) is 7.71. The lowest BCUT2D eigenvalue weighted by atomic mass is 9.86. The molecule has 0 aromatic heterocycles. The van der Waals surface area contributed by atoms with Gasteiger partial charge in [0, 0.05) is 12.1 Å². The topological polar surface area (TPSA) is 55.4 Å². The van der Waals surface area contributed by atoms with Gasteiger partial charge in [0.1, 0.15) is 0 Å². The molecule has 21 heavy (non-hydrogen) atoms. The molecule has 0 unspecified atom stereocenters. The van der Waals surface area contributed by atoms with Crippen molar-refractivity contribution in [3.8, 4) is 0 Å². The van der Waals surface area contributed by atoms with Crippen LogP contribution in [0.15, 0.2) is 30.3 Å². The van der Waals surface area contributed by atoms with Gasteiger partial charge >= 0.3 is 5.97 Å². The van der Waals surface area contributed by atoms with E-state index in [9.17, 15) is 9.59 Å². The van der Waals surface area contributed by atoms with E-state index in [1.807, 2.05) is 18.2 Å². The van der Waals surface area contributed by atoms with E-state index in [1.165, 1.54) is 19.3 Å². The average molecular weight is 287 g/mol. The van der Waals surface area contributed by atoms with Crippen molar-refractivity contribution in [2.24, 2.45) is 17.8 Å².